The zero-order chi connectivity index (χ0) is 16.8. The molecule has 0 unspecified atom stereocenters. The van der Waals surface area contributed by atoms with Gasteiger partial charge in [0.25, 0.3) is 0 Å². The minimum atomic E-state index is -4.19. The van der Waals surface area contributed by atoms with Crippen molar-refractivity contribution in [3.05, 3.63) is 29.8 Å². The van der Waals surface area contributed by atoms with Crippen molar-refractivity contribution in [3.8, 4) is 0 Å². The SMILES string of the molecule is CC(C)c1cccc(NC(N)=NCCN(C)CC(F)(F)F)c1.I. The summed E-state index contributed by atoms with van der Waals surface area (Å²) in [5, 5.41) is 2.95. The third kappa shape index (κ3) is 9.65. The van der Waals surface area contributed by atoms with Gasteiger partial charge in [0, 0.05) is 12.2 Å². The number of aliphatic imine (C=N–C) groups is 1. The highest BCUT2D eigenvalue weighted by molar-refractivity contribution is 14.0. The molecule has 1 rings (SSSR count). The molecular formula is C15H24F3IN4. The van der Waals surface area contributed by atoms with E-state index in [9.17, 15) is 13.2 Å². The first-order chi connectivity index (χ1) is 10.2. The summed E-state index contributed by atoms with van der Waals surface area (Å²) in [7, 11) is 1.40. The largest absolute Gasteiger partial charge is 0.401 e. The zero-order valence-electron chi connectivity index (χ0n) is 13.5. The van der Waals surface area contributed by atoms with E-state index >= 15 is 0 Å². The molecule has 132 valence electrons. The van der Waals surface area contributed by atoms with Crippen LogP contribution < -0.4 is 11.1 Å². The predicted octanol–water partition coefficient (Wildman–Crippen LogP) is 3.65. The Morgan fingerprint density at radius 1 is 1.35 bits per heavy atom. The van der Waals surface area contributed by atoms with Crippen molar-refractivity contribution >= 4 is 35.6 Å². The first-order valence-corrected chi connectivity index (χ1v) is 7.09. The summed E-state index contributed by atoms with van der Waals surface area (Å²) in [6, 6.07) is 7.78. The Morgan fingerprint density at radius 2 is 2.00 bits per heavy atom. The fraction of sp³-hybridized carbons (Fsp3) is 0.533. The van der Waals surface area contributed by atoms with Gasteiger partial charge >= 0.3 is 6.18 Å². The van der Waals surface area contributed by atoms with Crippen LogP contribution >= 0.6 is 24.0 Å². The summed E-state index contributed by atoms with van der Waals surface area (Å²) < 4.78 is 36.5. The molecule has 0 aliphatic heterocycles. The highest BCUT2D eigenvalue weighted by Gasteiger charge is 2.28. The molecule has 0 atom stereocenters. The molecule has 0 saturated carbocycles. The number of alkyl halides is 3. The Hall–Kier alpha value is -1.03. The summed E-state index contributed by atoms with van der Waals surface area (Å²) in [4.78, 5) is 5.20. The molecule has 1 aromatic carbocycles. The lowest BCUT2D eigenvalue weighted by Crippen LogP contribution is -2.33. The highest BCUT2D eigenvalue weighted by atomic mass is 127. The first-order valence-electron chi connectivity index (χ1n) is 7.09. The molecule has 0 spiro atoms. The van der Waals surface area contributed by atoms with Gasteiger partial charge in [-0.25, -0.2) is 0 Å². The minimum absolute atomic E-state index is 0. The second-order valence-electron chi connectivity index (χ2n) is 5.53. The number of rotatable bonds is 6. The van der Waals surface area contributed by atoms with Gasteiger partial charge in [-0.15, -0.1) is 24.0 Å². The number of hydrogen-bond acceptors (Lipinski definition) is 2. The molecule has 0 bridgehead atoms. The van der Waals surface area contributed by atoms with Crippen molar-refractivity contribution in [2.75, 3.05) is 32.0 Å². The van der Waals surface area contributed by atoms with Gasteiger partial charge in [-0.2, -0.15) is 13.2 Å². The lowest BCUT2D eigenvalue weighted by atomic mass is 10.0. The summed E-state index contributed by atoms with van der Waals surface area (Å²) in [6.07, 6.45) is -4.19. The molecular weight excluding hydrogens is 420 g/mol. The molecule has 23 heavy (non-hydrogen) atoms. The van der Waals surface area contributed by atoms with Gasteiger partial charge in [0.15, 0.2) is 5.96 Å². The van der Waals surface area contributed by atoms with E-state index in [-0.39, 0.29) is 43.0 Å². The van der Waals surface area contributed by atoms with Crippen LogP contribution in [0.4, 0.5) is 18.9 Å². The highest BCUT2D eigenvalue weighted by Crippen LogP contribution is 2.18. The number of benzene rings is 1. The van der Waals surface area contributed by atoms with Gasteiger partial charge in [-0.05, 0) is 30.7 Å². The molecule has 1 aromatic rings. The summed E-state index contributed by atoms with van der Waals surface area (Å²) >= 11 is 0. The molecule has 0 aliphatic rings. The second-order valence-corrected chi connectivity index (χ2v) is 5.53. The molecule has 0 aromatic heterocycles. The fourth-order valence-corrected chi connectivity index (χ4v) is 1.89. The van der Waals surface area contributed by atoms with Gasteiger partial charge in [-0.1, -0.05) is 26.0 Å². The lowest BCUT2D eigenvalue weighted by molar-refractivity contribution is -0.142. The van der Waals surface area contributed by atoms with Crippen molar-refractivity contribution in [1.29, 1.82) is 0 Å². The van der Waals surface area contributed by atoms with Gasteiger partial charge in [-0.3, -0.25) is 9.89 Å². The summed E-state index contributed by atoms with van der Waals surface area (Å²) in [6.45, 7) is 3.62. The smallest absolute Gasteiger partial charge is 0.370 e. The van der Waals surface area contributed by atoms with Crippen LogP contribution in [0.2, 0.25) is 0 Å². The van der Waals surface area contributed by atoms with Crippen molar-refractivity contribution in [1.82, 2.24) is 4.90 Å². The molecule has 3 N–H and O–H groups in total. The van der Waals surface area contributed by atoms with Crippen LogP contribution in [0, 0.1) is 0 Å². The topological polar surface area (TPSA) is 53.6 Å². The fourth-order valence-electron chi connectivity index (χ4n) is 1.89. The van der Waals surface area contributed by atoms with Crippen LogP contribution in [0.25, 0.3) is 0 Å². The van der Waals surface area contributed by atoms with Crippen LogP contribution in [0.1, 0.15) is 25.3 Å². The van der Waals surface area contributed by atoms with Crippen LogP contribution in [-0.2, 0) is 0 Å². The van der Waals surface area contributed by atoms with Gasteiger partial charge < -0.3 is 11.1 Å². The number of nitrogens with two attached hydrogens (primary N) is 1. The van der Waals surface area contributed by atoms with Gasteiger partial charge in [0.1, 0.15) is 0 Å². The number of nitrogens with one attached hydrogen (secondary N) is 1. The standard InChI is InChI=1S/C15H23F3N4.HI/c1-11(2)12-5-4-6-13(9-12)21-14(19)20-7-8-22(3)10-15(16,17)18;/h4-6,9,11H,7-8,10H2,1-3H3,(H3,19,20,21);1H. The minimum Gasteiger partial charge on any atom is -0.370 e. The molecule has 4 nitrogen and oxygen atoms in total. The van der Waals surface area contributed by atoms with E-state index in [1.165, 1.54) is 12.6 Å². The van der Waals surface area contributed by atoms with Crippen LogP contribution in [-0.4, -0.2) is 43.7 Å². The van der Waals surface area contributed by atoms with E-state index in [2.05, 4.69) is 24.2 Å². The number of nitrogens with zero attached hydrogens (tertiary/aromatic N) is 2. The van der Waals surface area contributed by atoms with Crippen molar-refractivity contribution in [2.45, 2.75) is 25.9 Å². The van der Waals surface area contributed by atoms with E-state index in [0.717, 1.165) is 10.6 Å². The quantitative estimate of drug-likeness (QED) is 0.400. The van der Waals surface area contributed by atoms with Crippen LogP contribution in [0.15, 0.2) is 29.3 Å². The zero-order valence-corrected chi connectivity index (χ0v) is 15.9. The number of halogens is 4. The Kier molecular flexibility index (Phi) is 9.52. The molecule has 0 saturated heterocycles. The third-order valence-corrected chi connectivity index (χ3v) is 3.04. The number of anilines is 1. The summed E-state index contributed by atoms with van der Waals surface area (Å²) in [5.41, 5.74) is 7.73. The Morgan fingerprint density at radius 3 is 2.57 bits per heavy atom. The molecule has 0 heterocycles. The Balaban J connectivity index is 0.00000484. The maximum absolute atomic E-state index is 12.2. The second kappa shape index (κ2) is 9.96. The first kappa shape index (κ1) is 22.0. The van der Waals surface area contributed by atoms with Crippen molar-refractivity contribution in [3.63, 3.8) is 0 Å². The van der Waals surface area contributed by atoms with Gasteiger partial charge in [0.05, 0.1) is 13.1 Å². The molecule has 8 heteroatoms. The summed E-state index contributed by atoms with van der Waals surface area (Å²) in [5.74, 6) is 0.595. The number of hydrogen-bond donors (Lipinski definition) is 2. The van der Waals surface area contributed by atoms with E-state index < -0.39 is 12.7 Å². The van der Waals surface area contributed by atoms with Crippen molar-refractivity contribution < 1.29 is 13.2 Å². The average molecular weight is 444 g/mol. The van der Waals surface area contributed by atoms with E-state index in [1.807, 2.05) is 24.3 Å². The third-order valence-electron chi connectivity index (χ3n) is 3.04. The van der Waals surface area contributed by atoms with Crippen molar-refractivity contribution in [2.24, 2.45) is 10.7 Å². The number of likely N-dealkylation sites (N-methyl/N-ethyl adjacent to an activating group) is 1. The van der Waals surface area contributed by atoms with E-state index in [4.69, 9.17) is 5.73 Å². The van der Waals surface area contributed by atoms with Gasteiger partial charge in [0.2, 0.25) is 0 Å². The maximum atomic E-state index is 12.2. The van der Waals surface area contributed by atoms with E-state index in [1.54, 1.807) is 0 Å². The predicted molar refractivity (Wildman–Crippen MR) is 99.6 cm³/mol. The Labute approximate surface area is 152 Å². The normalized spacial score (nSPS) is 12.4. The number of guanidine groups is 1. The average Bonchev–Trinajstić information content (AvgIpc) is 2.36. The Bertz CT molecular complexity index is 504. The molecule has 0 fully saturated rings. The molecule has 0 radical (unpaired) electrons. The lowest BCUT2D eigenvalue weighted by Gasteiger charge is -2.17. The van der Waals surface area contributed by atoms with Crippen LogP contribution in [0.3, 0.4) is 0 Å². The van der Waals surface area contributed by atoms with Crippen LogP contribution in [0.5, 0.6) is 0 Å². The van der Waals surface area contributed by atoms with E-state index in [0.29, 0.717) is 5.92 Å². The monoisotopic (exact) mass is 444 g/mol. The molecule has 0 amide bonds. The maximum Gasteiger partial charge on any atom is 0.401 e. The molecule has 0 aliphatic carbocycles.